The van der Waals surface area contributed by atoms with E-state index < -0.39 is 12.6 Å². The molecule has 2 saturated heterocycles. The first-order valence-electron chi connectivity index (χ1n) is 10.0. The van der Waals surface area contributed by atoms with E-state index in [2.05, 4.69) is 37.9 Å². The largest absolute Gasteiger partial charge is 0.393 e. The van der Waals surface area contributed by atoms with Crippen molar-refractivity contribution in [2.45, 2.75) is 32.0 Å². The summed E-state index contributed by atoms with van der Waals surface area (Å²) in [7, 11) is 1.97. The molecule has 30 heavy (non-hydrogen) atoms. The molecule has 1 spiro atoms. The second kappa shape index (κ2) is 6.91. The van der Waals surface area contributed by atoms with Gasteiger partial charge in [0.25, 0.3) is 0 Å². The lowest BCUT2D eigenvalue weighted by molar-refractivity contribution is -0.126. The average molecular weight is 437 g/mol. The van der Waals surface area contributed by atoms with Crippen LogP contribution in [0.2, 0.25) is 0 Å². The smallest absolute Gasteiger partial charge is 0.355 e. The molecular weight excluding hydrogens is 413 g/mol. The quantitative estimate of drug-likeness (QED) is 0.623. The van der Waals surface area contributed by atoms with Crippen molar-refractivity contribution in [3.8, 4) is 0 Å². The Hall–Kier alpha value is -2.20. The molecule has 5 rings (SSSR count). The van der Waals surface area contributed by atoms with Crippen LogP contribution in [0.5, 0.6) is 0 Å². The van der Waals surface area contributed by atoms with Gasteiger partial charge in [-0.2, -0.15) is 18.3 Å². The molecule has 0 aliphatic carbocycles. The second-order valence-electron chi connectivity index (χ2n) is 8.55. The summed E-state index contributed by atoms with van der Waals surface area (Å²) in [6.45, 7) is 5.96. The maximum Gasteiger partial charge on any atom is 0.393 e. The summed E-state index contributed by atoms with van der Waals surface area (Å²) in [5.74, 6) is 0.764. The monoisotopic (exact) mass is 436 g/mol. The zero-order chi connectivity index (χ0) is 21.1. The van der Waals surface area contributed by atoms with Gasteiger partial charge in [0.05, 0.1) is 17.5 Å². The molecule has 5 heterocycles. The van der Waals surface area contributed by atoms with Gasteiger partial charge in [0.15, 0.2) is 0 Å². The molecule has 160 valence electrons. The predicted molar refractivity (Wildman–Crippen MR) is 110 cm³/mol. The van der Waals surface area contributed by atoms with Crippen molar-refractivity contribution in [3.05, 3.63) is 35.2 Å². The lowest BCUT2D eigenvalue weighted by Gasteiger charge is -2.50. The van der Waals surface area contributed by atoms with E-state index >= 15 is 0 Å². The Morgan fingerprint density at radius 1 is 1.23 bits per heavy atom. The fourth-order valence-corrected chi connectivity index (χ4v) is 5.89. The topological polar surface area (TPSA) is 50.1 Å². The highest BCUT2D eigenvalue weighted by molar-refractivity contribution is 7.18. The molecule has 2 aliphatic rings. The molecule has 10 heteroatoms. The molecule has 3 aromatic rings. The fourth-order valence-electron chi connectivity index (χ4n) is 4.87. The van der Waals surface area contributed by atoms with Crippen molar-refractivity contribution < 1.29 is 13.2 Å². The Morgan fingerprint density at radius 2 is 2.03 bits per heavy atom. The van der Waals surface area contributed by atoms with Gasteiger partial charge in [-0.05, 0) is 25.5 Å². The molecule has 0 saturated carbocycles. The van der Waals surface area contributed by atoms with E-state index in [9.17, 15) is 13.2 Å². The zero-order valence-corrected chi connectivity index (χ0v) is 17.7. The van der Waals surface area contributed by atoms with Crippen LogP contribution < -0.4 is 4.90 Å². The van der Waals surface area contributed by atoms with Crippen LogP contribution in [-0.2, 0) is 13.5 Å². The van der Waals surface area contributed by atoms with Gasteiger partial charge >= 0.3 is 6.18 Å². The number of aromatic nitrogens is 4. The number of nitrogens with zero attached hydrogens (tertiary/aromatic N) is 6. The number of fused-ring (bicyclic) bond motifs is 1. The summed E-state index contributed by atoms with van der Waals surface area (Å²) in [6.07, 6.45) is -0.780. The third-order valence-corrected chi connectivity index (χ3v) is 7.43. The van der Waals surface area contributed by atoms with E-state index in [-0.39, 0.29) is 10.3 Å². The first kappa shape index (κ1) is 19.7. The molecule has 0 radical (unpaired) electrons. The summed E-state index contributed by atoms with van der Waals surface area (Å²) >= 11 is 1.11. The molecule has 6 nitrogen and oxygen atoms in total. The molecule has 3 aromatic heterocycles. The van der Waals surface area contributed by atoms with Crippen molar-refractivity contribution in [3.63, 3.8) is 0 Å². The van der Waals surface area contributed by atoms with Crippen LogP contribution in [0, 0.1) is 5.41 Å². The molecular formula is C20H23F3N6S. The second-order valence-corrected chi connectivity index (χ2v) is 9.67. The predicted octanol–water partition coefficient (Wildman–Crippen LogP) is 3.80. The molecule has 2 aliphatic heterocycles. The number of likely N-dealkylation sites (tertiary alicyclic amines) is 1. The Balaban J connectivity index is 1.31. The third-order valence-electron chi connectivity index (χ3n) is 6.38. The summed E-state index contributed by atoms with van der Waals surface area (Å²) < 4.78 is 40.3. The van der Waals surface area contributed by atoms with Gasteiger partial charge in [-0.15, -0.1) is 11.3 Å². The third kappa shape index (κ3) is 3.45. The van der Waals surface area contributed by atoms with Crippen molar-refractivity contribution in [2.75, 3.05) is 31.1 Å². The first-order chi connectivity index (χ1) is 14.2. The highest BCUT2D eigenvalue weighted by atomic mass is 32.1. The van der Waals surface area contributed by atoms with E-state index in [0.717, 1.165) is 55.1 Å². The number of anilines is 1. The Kier molecular flexibility index (Phi) is 4.55. The minimum atomic E-state index is -4.22. The number of rotatable bonds is 4. The SMILES string of the molecule is CC(c1ccnn1C)N1CC2(CCN(c3ncnc4sc(CC(F)(F)F)cc34)C2)C1. The van der Waals surface area contributed by atoms with Gasteiger partial charge in [-0.25, -0.2) is 9.97 Å². The molecule has 0 amide bonds. The minimum Gasteiger partial charge on any atom is -0.355 e. The maximum atomic E-state index is 12.8. The van der Waals surface area contributed by atoms with Crippen LogP contribution >= 0.6 is 11.3 Å². The maximum absolute atomic E-state index is 12.8. The number of aryl methyl sites for hydroxylation is 1. The summed E-state index contributed by atoms with van der Waals surface area (Å²) in [6, 6.07) is 3.99. The van der Waals surface area contributed by atoms with Crippen LogP contribution in [0.25, 0.3) is 10.2 Å². The molecule has 1 atom stereocenters. The van der Waals surface area contributed by atoms with Gasteiger partial charge in [0, 0.05) is 55.8 Å². The molecule has 1 unspecified atom stereocenters. The van der Waals surface area contributed by atoms with E-state index in [1.165, 1.54) is 12.0 Å². The number of halogens is 3. The van der Waals surface area contributed by atoms with E-state index in [0.29, 0.717) is 10.9 Å². The Labute approximate surface area is 176 Å². The highest BCUT2D eigenvalue weighted by Gasteiger charge is 2.49. The number of hydrogen-bond donors (Lipinski definition) is 0. The zero-order valence-electron chi connectivity index (χ0n) is 16.9. The standard InChI is InChI=1S/C20H23F3N6S/c1-13(16-3-5-26-27(16)2)29-10-19(11-29)4-6-28(9-19)17-15-7-14(8-20(21,22)23)30-18(15)25-12-24-17/h3,5,7,12-13H,4,6,8-11H2,1-2H3. The van der Waals surface area contributed by atoms with Crippen molar-refractivity contribution in [1.82, 2.24) is 24.6 Å². The summed E-state index contributed by atoms with van der Waals surface area (Å²) in [4.78, 5) is 14.2. The van der Waals surface area contributed by atoms with Crippen LogP contribution in [-0.4, -0.2) is 57.0 Å². The molecule has 0 N–H and O–H groups in total. The highest BCUT2D eigenvalue weighted by Crippen LogP contribution is 2.45. The van der Waals surface area contributed by atoms with Gasteiger partial charge in [-0.1, -0.05) is 0 Å². The normalized spacial score (nSPS) is 20.2. The van der Waals surface area contributed by atoms with Crippen LogP contribution in [0.1, 0.15) is 30.0 Å². The van der Waals surface area contributed by atoms with E-state index in [1.54, 1.807) is 6.07 Å². The van der Waals surface area contributed by atoms with Crippen molar-refractivity contribution in [1.29, 1.82) is 0 Å². The van der Waals surface area contributed by atoms with Gasteiger partial charge < -0.3 is 4.90 Å². The summed E-state index contributed by atoms with van der Waals surface area (Å²) in [5.41, 5.74) is 1.42. The number of thiophene rings is 1. The average Bonchev–Trinajstić information content (AvgIpc) is 3.35. The molecule has 2 fully saturated rings. The molecule has 0 aromatic carbocycles. The Bertz CT molecular complexity index is 1070. The Morgan fingerprint density at radius 3 is 2.73 bits per heavy atom. The minimum absolute atomic E-state index is 0.217. The summed E-state index contributed by atoms with van der Waals surface area (Å²) in [5, 5.41) is 5.00. The lowest BCUT2D eigenvalue weighted by atomic mass is 9.78. The van der Waals surface area contributed by atoms with Gasteiger partial charge in [-0.3, -0.25) is 9.58 Å². The fraction of sp³-hybridized carbons (Fsp3) is 0.550. The van der Waals surface area contributed by atoms with E-state index in [4.69, 9.17) is 0 Å². The van der Waals surface area contributed by atoms with Gasteiger partial charge in [0.2, 0.25) is 0 Å². The van der Waals surface area contributed by atoms with Crippen LogP contribution in [0.3, 0.4) is 0 Å². The van der Waals surface area contributed by atoms with Crippen molar-refractivity contribution >= 4 is 27.4 Å². The molecule has 0 bridgehead atoms. The van der Waals surface area contributed by atoms with Crippen LogP contribution in [0.4, 0.5) is 19.0 Å². The van der Waals surface area contributed by atoms with Crippen molar-refractivity contribution in [2.24, 2.45) is 12.5 Å². The number of alkyl halides is 3. The van der Waals surface area contributed by atoms with Crippen LogP contribution in [0.15, 0.2) is 24.7 Å². The lowest BCUT2D eigenvalue weighted by Crippen LogP contribution is -2.58. The van der Waals surface area contributed by atoms with E-state index in [1.807, 2.05) is 17.9 Å². The van der Waals surface area contributed by atoms with Gasteiger partial charge in [0.1, 0.15) is 17.0 Å². The number of hydrogen-bond acceptors (Lipinski definition) is 6. The first-order valence-corrected chi connectivity index (χ1v) is 10.8.